The molecule has 0 aliphatic rings. The molecule has 0 unspecified atom stereocenters. The van der Waals surface area contributed by atoms with Gasteiger partial charge in [0.2, 0.25) is 0 Å². The summed E-state index contributed by atoms with van der Waals surface area (Å²) in [4.78, 5) is 12.2. The SMILES string of the molecule is Cn1ncc2cc(COC(=O)Cc3nnc(-c4ccc(Cl)cc4Cl)s3)ccc21. The monoisotopic (exact) mass is 432 g/mol. The van der Waals surface area contributed by atoms with Gasteiger partial charge in [0.15, 0.2) is 0 Å². The highest BCUT2D eigenvalue weighted by Gasteiger charge is 2.14. The third-order valence-corrected chi connectivity index (χ3v) is 5.64. The normalized spacial score (nSPS) is 11.1. The van der Waals surface area contributed by atoms with Crippen LogP contribution in [0.5, 0.6) is 0 Å². The van der Waals surface area contributed by atoms with Gasteiger partial charge >= 0.3 is 5.97 Å². The Morgan fingerprint density at radius 1 is 1.18 bits per heavy atom. The van der Waals surface area contributed by atoms with Crippen LogP contribution in [-0.4, -0.2) is 25.9 Å². The van der Waals surface area contributed by atoms with Crippen LogP contribution in [0.15, 0.2) is 42.6 Å². The number of benzene rings is 2. The Balaban J connectivity index is 1.39. The highest BCUT2D eigenvalue weighted by atomic mass is 35.5. The number of carbonyl (C=O) groups is 1. The Bertz CT molecular complexity index is 1170. The molecule has 0 N–H and O–H groups in total. The van der Waals surface area contributed by atoms with Crippen molar-refractivity contribution >= 4 is 51.4 Å². The fraction of sp³-hybridized carbons (Fsp3) is 0.158. The average Bonchev–Trinajstić information content (AvgIpc) is 3.27. The predicted molar refractivity (Wildman–Crippen MR) is 110 cm³/mol. The summed E-state index contributed by atoms with van der Waals surface area (Å²) >= 11 is 13.4. The minimum absolute atomic E-state index is 0.0536. The van der Waals surface area contributed by atoms with Crippen LogP contribution < -0.4 is 0 Å². The molecule has 4 rings (SSSR count). The maximum atomic E-state index is 12.2. The van der Waals surface area contributed by atoms with Crippen molar-refractivity contribution in [3.8, 4) is 10.6 Å². The van der Waals surface area contributed by atoms with Gasteiger partial charge in [-0.15, -0.1) is 10.2 Å². The number of esters is 1. The molecule has 0 saturated carbocycles. The lowest BCUT2D eigenvalue weighted by atomic mass is 10.2. The Morgan fingerprint density at radius 3 is 2.86 bits per heavy atom. The van der Waals surface area contributed by atoms with Crippen molar-refractivity contribution in [1.29, 1.82) is 0 Å². The molecule has 2 aromatic heterocycles. The van der Waals surface area contributed by atoms with E-state index in [4.69, 9.17) is 27.9 Å². The van der Waals surface area contributed by atoms with Crippen molar-refractivity contribution in [3.63, 3.8) is 0 Å². The predicted octanol–water partition coefficient (Wildman–Crippen LogP) is 4.68. The summed E-state index contributed by atoms with van der Waals surface area (Å²) in [5, 5.41) is 15.6. The third kappa shape index (κ3) is 4.01. The molecule has 0 atom stereocenters. The van der Waals surface area contributed by atoms with Gasteiger partial charge < -0.3 is 4.74 Å². The lowest BCUT2D eigenvalue weighted by molar-refractivity contribution is -0.144. The number of hydrogen-bond acceptors (Lipinski definition) is 6. The number of rotatable bonds is 5. The molecule has 2 aromatic carbocycles. The number of hydrogen-bond donors (Lipinski definition) is 0. The molecule has 142 valence electrons. The van der Waals surface area contributed by atoms with Crippen LogP contribution in [0, 0.1) is 0 Å². The van der Waals surface area contributed by atoms with Gasteiger partial charge in [0.1, 0.15) is 16.6 Å². The first-order valence-electron chi connectivity index (χ1n) is 8.33. The van der Waals surface area contributed by atoms with Crippen LogP contribution in [0.3, 0.4) is 0 Å². The quantitative estimate of drug-likeness (QED) is 0.428. The van der Waals surface area contributed by atoms with Crippen molar-refractivity contribution in [1.82, 2.24) is 20.0 Å². The second-order valence-electron chi connectivity index (χ2n) is 6.12. The van der Waals surface area contributed by atoms with Gasteiger partial charge in [-0.25, -0.2) is 0 Å². The second-order valence-corrected chi connectivity index (χ2v) is 8.03. The molecule has 4 aromatic rings. The van der Waals surface area contributed by atoms with Crippen LogP contribution in [-0.2, 0) is 29.6 Å². The molecule has 0 bridgehead atoms. The first-order chi connectivity index (χ1) is 13.5. The second kappa shape index (κ2) is 7.87. The van der Waals surface area contributed by atoms with Gasteiger partial charge in [-0.05, 0) is 35.9 Å². The van der Waals surface area contributed by atoms with Crippen molar-refractivity contribution < 1.29 is 9.53 Å². The molecule has 0 radical (unpaired) electrons. The van der Waals surface area contributed by atoms with Crippen LogP contribution in [0.1, 0.15) is 10.6 Å². The van der Waals surface area contributed by atoms with Gasteiger partial charge in [0.05, 0.1) is 23.2 Å². The molecule has 6 nitrogen and oxygen atoms in total. The van der Waals surface area contributed by atoms with E-state index in [2.05, 4.69) is 15.3 Å². The molecule has 0 saturated heterocycles. The van der Waals surface area contributed by atoms with Crippen LogP contribution >= 0.6 is 34.5 Å². The van der Waals surface area contributed by atoms with Crippen LogP contribution in [0.2, 0.25) is 10.0 Å². The summed E-state index contributed by atoms with van der Waals surface area (Å²) in [7, 11) is 1.88. The Labute approximate surface area is 174 Å². The van der Waals surface area contributed by atoms with E-state index >= 15 is 0 Å². The molecule has 28 heavy (non-hydrogen) atoms. The number of carbonyl (C=O) groups excluding carboxylic acids is 1. The highest BCUT2D eigenvalue weighted by molar-refractivity contribution is 7.14. The van der Waals surface area contributed by atoms with E-state index < -0.39 is 0 Å². The minimum Gasteiger partial charge on any atom is -0.460 e. The third-order valence-electron chi connectivity index (χ3n) is 4.13. The molecule has 0 aliphatic heterocycles. The smallest absolute Gasteiger partial charge is 0.313 e. The molecule has 0 spiro atoms. The Morgan fingerprint density at radius 2 is 2.04 bits per heavy atom. The van der Waals surface area contributed by atoms with E-state index in [0.29, 0.717) is 20.1 Å². The van der Waals surface area contributed by atoms with E-state index in [1.165, 1.54) is 11.3 Å². The molecular weight excluding hydrogens is 419 g/mol. The first-order valence-corrected chi connectivity index (χ1v) is 9.91. The minimum atomic E-state index is -0.365. The standard InChI is InChI=1S/C19H14Cl2N4O2S/c1-25-16-5-2-11(6-12(16)9-22-25)10-27-18(26)8-17-23-24-19(28-17)14-4-3-13(20)7-15(14)21/h2-7,9H,8,10H2,1H3. The number of ether oxygens (including phenoxy) is 1. The molecule has 0 aliphatic carbocycles. The first kappa shape index (κ1) is 18.9. The summed E-state index contributed by atoms with van der Waals surface area (Å²) in [5.74, 6) is -0.365. The van der Waals surface area contributed by atoms with Crippen LogP contribution in [0.4, 0.5) is 0 Å². The summed E-state index contributed by atoms with van der Waals surface area (Å²) in [6, 6.07) is 11.0. The molecule has 0 fully saturated rings. The summed E-state index contributed by atoms with van der Waals surface area (Å²) < 4.78 is 7.17. The van der Waals surface area contributed by atoms with Gasteiger partial charge in [-0.2, -0.15) is 5.10 Å². The molecular formula is C19H14Cl2N4O2S. The van der Waals surface area contributed by atoms with Crippen LogP contribution in [0.25, 0.3) is 21.5 Å². The number of nitrogens with zero attached hydrogens (tertiary/aromatic N) is 4. The topological polar surface area (TPSA) is 69.9 Å². The van der Waals surface area contributed by atoms with Gasteiger partial charge in [-0.3, -0.25) is 9.48 Å². The highest BCUT2D eigenvalue weighted by Crippen LogP contribution is 2.32. The Hall–Kier alpha value is -2.48. The molecule has 9 heteroatoms. The largest absolute Gasteiger partial charge is 0.460 e. The van der Waals surface area contributed by atoms with E-state index in [9.17, 15) is 4.79 Å². The maximum absolute atomic E-state index is 12.2. The average molecular weight is 433 g/mol. The summed E-state index contributed by atoms with van der Waals surface area (Å²) in [5.41, 5.74) is 2.66. The fourth-order valence-corrected chi connectivity index (χ4v) is 4.16. The van der Waals surface area contributed by atoms with Crippen molar-refractivity contribution in [2.45, 2.75) is 13.0 Å². The maximum Gasteiger partial charge on any atom is 0.313 e. The molecule has 0 amide bonds. The lowest BCUT2D eigenvalue weighted by Gasteiger charge is -2.04. The lowest BCUT2D eigenvalue weighted by Crippen LogP contribution is -2.07. The van der Waals surface area contributed by atoms with E-state index in [1.807, 2.05) is 25.2 Å². The number of aryl methyl sites for hydroxylation is 1. The fourth-order valence-electron chi connectivity index (χ4n) is 2.74. The van der Waals surface area contributed by atoms with Crippen molar-refractivity contribution in [2.75, 3.05) is 0 Å². The van der Waals surface area contributed by atoms with Crippen molar-refractivity contribution in [2.24, 2.45) is 7.05 Å². The number of halogens is 2. The zero-order chi connectivity index (χ0) is 19.7. The van der Waals surface area contributed by atoms with E-state index in [-0.39, 0.29) is 19.0 Å². The Kier molecular flexibility index (Phi) is 5.30. The zero-order valence-corrected chi connectivity index (χ0v) is 17.1. The van der Waals surface area contributed by atoms with E-state index in [1.54, 1.807) is 29.1 Å². The van der Waals surface area contributed by atoms with Gasteiger partial charge in [0, 0.05) is 23.0 Å². The number of fused-ring (bicyclic) bond motifs is 1. The summed E-state index contributed by atoms with van der Waals surface area (Å²) in [6.45, 7) is 0.193. The van der Waals surface area contributed by atoms with Crippen molar-refractivity contribution in [3.05, 3.63) is 63.2 Å². The molecule has 2 heterocycles. The van der Waals surface area contributed by atoms with Gasteiger partial charge in [-0.1, -0.05) is 40.6 Å². The number of aromatic nitrogens is 4. The zero-order valence-electron chi connectivity index (χ0n) is 14.7. The van der Waals surface area contributed by atoms with E-state index in [0.717, 1.165) is 22.0 Å². The van der Waals surface area contributed by atoms with Gasteiger partial charge in [0.25, 0.3) is 0 Å². The summed E-state index contributed by atoms with van der Waals surface area (Å²) in [6.07, 6.45) is 1.84.